The van der Waals surface area contributed by atoms with Crippen molar-refractivity contribution in [2.75, 3.05) is 6.61 Å². The van der Waals surface area contributed by atoms with E-state index >= 15 is 0 Å². The molecule has 1 nitrogen and oxygen atoms in total. The molecule has 0 radical (unpaired) electrons. The van der Waals surface area contributed by atoms with Gasteiger partial charge in [0.1, 0.15) is 5.75 Å². The monoisotopic (exact) mass is 240 g/mol. The second kappa shape index (κ2) is 3.70. The van der Waals surface area contributed by atoms with E-state index in [2.05, 4.69) is 41.1 Å². The lowest BCUT2D eigenvalue weighted by molar-refractivity contribution is 0.288. The summed E-state index contributed by atoms with van der Waals surface area (Å²) in [5.74, 6) is 1.07. The summed E-state index contributed by atoms with van der Waals surface area (Å²) >= 11 is 3.57. The minimum absolute atomic E-state index is 0.430. The van der Waals surface area contributed by atoms with E-state index in [9.17, 15) is 0 Å². The normalized spacial score (nSPS) is 17.4. The first kappa shape index (κ1) is 9.07. The molecule has 1 heterocycles. The van der Waals surface area contributed by atoms with Crippen LogP contribution in [0.25, 0.3) is 0 Å². The van der Waals surface area contributed by atoms with Gasteiger partial charge in [-0.2, -0.15) is 0 Å². The van der Waals surface area contributed by atoms with Gasteiger partial charge in [-0.25, -0.2) is 0 Å². The molecule has 1 aromatic rings. The van der Waals surface area contributed by atoms with Crippen molar-refractivity contribution >= 4 is 15.9 Å². The number of rotatable bonds is 1. The number of hydrogen-bond donors (Lipinski definition) is 0. The van der Waals surface area contributed by atoms with Crippen LogP contribution in [0, 0.1) is 0 Å². The Morgan fingerprint density at radius 2 is 2.31 bits per heavy atom. The number of aryl methyl sites for hydroxylation is 1. The molecule has 0 N–H and O–H groups in total. The fraction of sp³-hybridized carbons (Fsp3) is 0.455. The Bertz CT molecular complexity index is 307. The summed E-state index contributed by atoms with van der Waals surface area (Å²) in [5.41, 5.74) is 2.69. The van der Waals surface area contributed by atoms with Crippen molar-refractivity contribution < 1.29 is 4.74 Å². The largest absolute Gasteiger partial charge is 0.493 e. The third kappa shape index (κ3) is 1.88. The maximum atomic E-state index is 5.54. The molecular weight excluding hydrogens is 228 g/mol. The average molecular weight is 241 g/mol. The Kier molecular flexibility index (Phi) is 2.58. The molecule has 70 valence electrons. The Morgan fingerprint density at radius 1 is 1.46 bits per heavy atom. The highest BCUT2D eigenvalue weighted by molar-refractivity contribution is 9.09. The minimum atomic E-state index is 0.430. The number of benzene rings is 1. The second-order valence-electron chi connectivity index (χ2n) is 3.44. The molecule has 0 fully saturated rings. The standard InChI is InChI=1S/C11H13BrO/c1-8(12)9-4-5-11-10(7-9)3-2-6-13-11/h4-5,7-8H,2-3,6H2,1H3. The topological polar surface area (TPSA) is 9.23 Å². The van der Waals surface area contributed by atoms with Crippen LogP contribution in [0.3, 0.4) is 0 Å². The fourth-order valence-corrected chi connectivity index (χ4v) is 1.91. The van der Waals surface area contributed by atoms with Crippen molar-refractivity contribution in [2.45, 2.75) is 24.6 Å². The minimum Gasteiger partial charge on any atom is -0.493 e. The number of hydrogen-bond acceptors (Lipinski definition) is 1. The number of alkyl halides is 1. The summed E-state index contributed by atoms with van der Waals surface area (Å²) in [7, 11) is 0. The van der Waals surface area contributed by atoms with Crippen molar-refractivity contribution in [1.29, 1.82) is 0 Å². The Hall–Kier alpha value is -0.500. The highest BCUT2D eigenvalue weighted by Gasteiger charge is 2.11. The quantitative estimate of drug-likeness (QED) is 0.684. The Labute approximate surface area is 87.2 Å². The van der Waals surface area contributed by atoms with Gasteiger partial charge in [0.25, 0.3) is 0 Å². The van der Waals surface area contributed by atoms with Crippen LogP contribution in [0.5, 0.6) is 5.75 Å². The van der Waals surface area contributed by atoms with Gasteiger partial charge < -0.3 is 4.74 Å². The van der Waals surface area contributed by atoms with Crippen LogP contribution < -0.4 is 4.74 Å². The molecule has 2 rings (SSSR count). The fourth-order valence-electron chi connectivity index (χ4n) is 1.63. The molecule has 0 saturated carbocycles. The highest BCUT2D eigenvalue weighted by atomic mass is 79.9. The van der Waals surface area contributed by atoms with E-state index < -0.39 is 0 Å². The molecule has 13 heavy (non-hydrogen) atoms. The van der Waals surface area contributed by atoms with E-state index in [0.29, 0.717) is 4.83 Å². The van der Waals surface area contributed by atoms with Gasteiger partial charge in [0.05, 0.1) is 6.61 Å². The molecule has 0 aromatic heterocycles. The molecule has 1 aliphatic rings. The molecule has 1 unspecified atom stereocenters. The van der Waals surface area contributed by atoms with E-state index in [1.54, 1.807) is 0 Å². The zero-order valence-corrected chi connectivity index (χ0v) is 9.30. The molecule has 1 aliphatic heterocycles. The predicted octanol–water partition coefficient (Wildman–Crippen LogP) is 3.47. The molecule has 0 spiro atoms. The maximum Gasteiger partial charge on any atom is 0.122 e. The summed E-state index contributed by atoms with van der Waals surface area (Å²) in [6.07, 6.45) is 2.30. The van der Waals surface area contributed by atoms with Crippen LogP contribution in [0.1, 0.15) is 29.3 Å². The summed E-state index contributed by atoms with van der Waals surface area (Å²) in [6.45, 7) is 3.02. The molecule has 0 amide bonds. The molecule has 0 bridgehead atoms. The molecule has 1 atom stereocenters. The van der Waals surface area contributed by atoms with Crippen molar-refractivity contribution in [3.05, 3.63) is 29.3 Å². The molecule has 0 saturated heterocycles. The van der Waals surface area contributed by atoms with E-state index in [1.165, 1.54) is 11.1 Å². The smallest absolute Gasteiger partial charge is 0.122 e. The van der Waals surface area contributed by atoms with Gasteiger partial charge in [0.15, 0.2) is 0 Å². The van der Waals surface area contributed by atoms with Gasteiger partial charge in [-0.3, -0.25) is 0 Å². The number of fused-ring (bicyclic) bond motifs is 1. The SMILES string of the molecule is CC(Br)c1ccc2c(c1)CCCO2. The van der Waals surface area contributed by atoms with Crippen molar-refractivity contribution in [3.8, 4) is 5.75 Å². The second-order valence-corrected chi connectivity index (χ2v) is 4.81. The number of ether oxygens (including phenoxy) is 1. The van der Waals surface area contributed by atoms with Gasteiger partial charge >= 0.3 is 0 Å². The first-order chi connectivity index (χ1) is 6.27. The van der Waals surface area contributed by atoms with Gasteiger partial charge in [0, 0.05) is 4.83 Å². The van der Waals surface area contributed by atoms with Crippen molar-refractivity contribution in [3.63, 3.8) is 0 Å². The first-order valence-corrected chi connectivity index (χ1v) is 5.58. The lowest BCUT2D eigenvalue weighted by Gasteiger charge is -2.18. The summed E-state index contributed by atoms with van der Waals surface area (Å²) in [4.78, 5) is 0.430. The van der Waals surface area contributed by atoms with Crippen molar-refractivity contribution in [2.24, 2.45) is 0 Å². The predicted molar refractivity (Wildman–Crippen MR) is 57.6 cm³/mol. The van der Waals surface area contributed by atoms with Gasteiger partial charge in [0.2, 0.25) is 0 Å². The molecule has 1 aromatic carbocycles. The van der Waals surface area contributed by atoms with Crippen LogP contribution in [0.4, 0.5) is 0 Å². The lowest BCUT2D eigenvalue weighted by atomic mass is 10.0. The lowest BCUT2D eigenvalue weighted by Crippen LogP contribution is -2.08. The summed E-state index contributed by atoms with van der Waals surface area (Å²) < 4.78 is 5.54. The van der Waals surface area contributed by atoms with Crippen LogP contribution >= 0.6 is 15.9 Å². The zero-order chi connectivity index (χ0) is 9.26. The average Bonchev–Trinajstić information content (AvgIpc) is 2.17. The van der Waals surface area contributed by atoms with Crippen LogP contribution in [-0.2, 0) is 6.42 Å². The molecule has 2 heteroatoms. The Morgan fingerprint density at radius 3 is 3.08 bits per heavy atom. The van der Waals surface area contributed by atoms with E-state index in [-0.39, 0.29) is 0 Å². The van der Waals surface area contributed by atoms with Gasteiger partial charge in [-0.05, 0) is 37.0 Å². The first-order valence-electron chi connectivity index (χ1n) is 4.67. The van der Waals surface area contributed by atoms with Crippen LogP contribution in [-0.4, -0.2) is 6.61 Å². The Balaban J connectivity index is 2.35. The van der Waals surface area contributed by atoms with Crippen LogP contribution in [0.2, 0.25) is 0 Å². The van der Waals surface area contributed by atoms with Crippen LogP contribution in [0.15, 0.2) is 18.2 Å². The molecule has 0 aliphatic carbocycles. The summed E-state index contributed by atoms with van der Waals surface area (Å²) in [5, 5.41) is 0. The van der Waals surface area contributed by atoms with Crippen molar-refractivity contribution in [1.82, 2.24) is 0 Å². The third-order valence-electron chi connectivity index (χ3n) is 2.39. The highest BCUT2D eigenvalue weighted by Crippen LogP contribution is 2.30. The third-order valence-corrected chi connectivity index (χ3v) is 2.92. The van der Waals surface area contributed by atoms with E-state index in [0.717, 1.165) is 25.2 Å². The zero-order valence-electron chi connectivity index (χ0n) is 7.72. The summed E-state index contributed by atoms with van der Waals surface area (Å²) in [6, 6.07) is 6.46. The van der Waals surface area contributed by atoms with Gasteiger partial charge in [-0.15, -0.1) is 0 Å². The number of halogens is 1. The van der Waals surface area contributed by atoms with E-state index in [4.69, 9.17) is 4.74 Å². The van der Waals surface area contributed by atoms with E-state index in [1.807, 2.05) is 0 Å². The maximum absolute atomic E-state index is 5.54. The van der Waals surface area contributed by atoms with Gasteiger partial charge in [-0.1, -0.05) is 28.1 Å². The molecular formula is C11H13BrO.